The molecule has 0 bridgehead atoms. The molecule has 0 aliphatic heterocycles. The lowest BCUT2D eigenvalue weighted by Gasteiger charge is -2.13. The van der Waals surface area contributed by atoms with Crippen LogP contribution in [0, 0.1) is 0 Å². The standard InChI is InChI=1S/C27H16N4/c1-2-4-17-15(3-1)11-20-18(17)6-5-16-12-23-26(25(16)20)31-24-8-10-29-13-21(24)19-7-9-28-14-22(19)27(31)30-23/h1-10,13-14H,11-12H2. The van der Waals surface area contributed by atoms with Gasteiger partial charge in [0.25, 0.3) is 0 Å². The Kier molecular flexibility index (Phi) is 2.72. The number of hydrogen-bond donors (Lipinski definition) is 0. The molecule has 0 amide bonds. The molecule has 0 radical (unpaired) electrons. The number of hydrogen-bond acceptors (Lipinski definition) is 3. The number of aromatic nitrogens is 4. The van der Waals surface area contributed by atoms with Crippen molar-refractivity contribution in [3.05, 3.63) is 95.7 Å². The number of fused-ring (bicyclic) bond motifs is 14. The summed E-state index contributed by atoms with van der Waals surface area (Å²) < 4.78 is 2.35. The Hall–Kier alpha value is -4.05. The maximum Gasteiger partial charge on any atom is 0.147 e. The van der Waals surface area contributed by atoms with Gasteiger partial charge in [-0.15, -0.1) is 0 Å². The van der Waals surface area contributed by atoms with Crippen LogP contribution in [0.1, 0.15) is 22.4 Å². The highest BCUT2D eigenvalue weighted by atomic mass is 15.0. The fraction of sp³-hybridized carbons (Fsp3) is 0.0741. The average Bonchev–Trinajstić information content (AvgIpc) is 3.48. The molecular weight excluding hydrogens is 380 g/mol. The highest BCUT2D eigenvalue weighted by molar-refractivity contribution is 6.12. The van der Waals surface area contributed by atoms with Crippen molar-refractivity contribution in [2.24, 2.45) is 0 Å². The third kappa shape index (κ3) is 1.84. The number of rotatable bonds is 0. The minimum atomic E-state index is 0.879. The van der Waals surface area contributed by atoms with Crippen LogP contribution >= 0.6 is 0 Å². The maximum absolute atomic E-state index is 5.16. The van der Waals surface area contributed by atoms with Crippen molar-refractivity contribution in [3.63, 3.8) is 0 Å². The van der Waals surface area contributed by atoms with Crippen molar-refractivity contribution in [3.8, 4) is 22.4 Å². The molecule has 0 spiro atoms. The zero-order valence-electron chi connectivity index (χ0n) is 16.6. The molecule has 0 unspecified atom stereocenters. The summed E-state index contributed by atoms with van der Waals surface area (Å²) in [5, 5.41) is 3.37. The lowest BCUT2D eigenvalue weighted by atomic mass is 9.97. The molecule has 4 nitrogen and oxygen atoms in total. The molecule has 0 saturated heterocycles. The van der Waals surface area contributed by atoms with E-state index >= 15 is 0 Å². The predicted molar refractivity (Wildman–Crippen MR) is 122 cm³/mol. The van der Waals surface area contributed by atoms with Gasteiger partial charge in [0, 0.05) is 47.5 Å². The van der Waals surface area contributed by atoms with Crippen LogP contribution in [-0.2, 0) is 12.8 Å². The van der Waals surface area contributed by atoms with Gasteiger partial charge in [-0.2, -0.15) is 0 Å². The van der Waals surface area contributed by atoms with Crippen molar-refractivity contribution in [2.45, 2.75) is 12.8 Å². The van der Waals surface area contributed by atoms with Gasteiger partial charge in [-0.25, -0.2) is 4.98 Å². The Morgan fingerprint density at radius 1 is 0.710 bits per heavy atom. The van der Waals surface area contributed by atoms with E-state index in [1.165, 1.54) is 39.1 Å². The first-order chi connectivity index (χ1) is 15.4. The van der Waals surface area contributed by atoms with Gasteiger partial charge in [-0.3, -0.25) is 14.4 Å². The minimum absolute atomic E-state index is 0.879. The van der Waals surface area contributed by atoms with E-state index < -0.39 is 0 Å². The predicted octanol–water partition coefficient (Wildman–Crippen LogP) is 5.57. The molecule has 0 N–H and O–H groups in total. The van der Waals surface area contributed by atoms with E-state index in [1.807, 2.05) is 24.8 Å². The third-order valence-electron chi connectivity index (χ3n) is 7.01. The number of nitrogens with zero attached hydrogens (tertiary/aromatic N) is 4. The molecule has 2 aliphatic carbocycles. The van der Waals surface area contributed by atoms with Crippen molar-refractivity contribution in [1.29, 1.82) is 0 Å². The van der Waals surface area contributed by atoms with Crippen LogP contribution < -0.4 is 0 Å². The van der Waals surface area contributed by atoms with Crippen molar-refractivity contribution in [1.82, 2.24) is 19.4 Å². The normalized spacial score (nSPS) is 13.5. The van der Waals surface area contributed by atoms with Crippen molar-refractivity contribution >= 4 is 27.3 Å². The fourth-order valence-electron chi connectivity index (χ4n) is 5.74. The molecule has 0 saturated carbocycles. The first-order valence-corrected chi connectivity index (χ1v) is 10.6. The highest BCUT2D eigenvalue weighted by Crippen LogP contribution is 2.48. The van der Waals surface area contributed by atoms with Gasteiger partial charge in [0.1, 0.15) is 5.65 Å². The third-order valence-corrected chi connectivity index (χ3v) is 7.01. The Labute approximate surface area is 177 Å². The molecule has 2 aliphatic rings. The lowest BCUT2D eigenvalue weighted by Crippen LogP contribution is -1.97. The number of imidazole rings is 1. The van der Waals surface area contributed by atoms with E-state index in [4.69, 9.17) is 4.98 Å². The molecule has 6 aromatic rings. The molecular formula is C27H16N4. The Morgan fingerprint density at radius 2 is 1.58 bits per heavy atom. The van der Waals surface area contributed by atoms with Crippen LogP contribution in [0.3, 0.4) is 0 Å². The van der Waals surface area contributed by atoms with Crippen LogP contribution in [0.5, 0.6) is 0 Å². The average molecular weight is 396 g/mol. The topological polar surface area (TPSA) is 43.1 Å². The first-order valence-electron chi connectivity index (χ1n) is 10.6. The molecule has 0 fully saturated rings. The number of pyridine rings is 3. The smallest absolute Gasteiger partial charge is 0.147 e. The summed E-state index contributed by atoms with van der Waals surface area (Å²) in [5.74, 6) is 0. The minimum Gasteiger partial charge on any atom is -0.291 e. The zero-order chi connectivity index (χ0) is 20.1. The van der Waals surface area contributed by atoms with E-state index in [-0.39, 0.29) is 0 Å². The van der Waals surface area contributed by atoms with Crippen LogP contribution in [0.25, 0.3) is 49.7 Å². The van der Waals surface area contributed by atoms with Crippen LogP contribution in [0.2, 0.25) is 0 Å². The summed E-state index contributed by atoms with van der Waals surface area (Å²) in [5.41, 5.74) is 12.9. The second-order valence-corrected chi connectivity index (χ2v) is 8.52. The first kappa shape index (κ1) is 15.7. The molecule has 4 aromatic heterocycles. The van der Waals surface area contributed by atoms with E-state index in [0.29, 0.717) is 0 Å². The van der Waals surface area contributed by atoms with E-state index in [9.17, 15) is 0 Å². The van der Waals surface area contributed by atoms with E-state index in [1.54, 1.807) is 0 Å². The zero-order valence-corrected chi connectivity index (χ0v) is 16.6. The van der Waals surface area contributed by atoms with Crippen molar-refractivity contribution in [2.75, 3.05) is 0 Å². The quantitative estimate of drug-likeness (QED) is 0.315. The molecule has 144 valence electrons. The van der Waals surface area contributed by atoms with E-state index in [2.05, 4.69) is 62.9 Å². The second-order valence-electron chi connectivity index (χ2n) is 8.52. The van der Waals surface area contributed by atoms with Gasteiger partial charge in [0.05, 0.1) is 16.9 Å². The Bertz CT molecular complexity index is 1740. The summed E-state index contributed by atoms with van der Waals surface area (Å²) >= 11 is 0. The summed E-state index contributed by atoms with van der Waals surface area (Å²) in [6.07, 6.45) is 9.49. The monoisotopic (exact) mass is 396 g/mol. The summed E-state index contributed by atoms with van der Waals surface area (Å²) in [4.78, 5) is 14.0. The molecule has 0 atom stereocenters. The fourth-order valence-corrected chi connectivity index (χ4v) is 5.74. The Balaban J connectivity index is 1.55. The SMILES string of the molecule is c1ccc2c(c1)Cc1c-2ccc2c1-c1c(nc3c4cnccc4c4cnccc4n13)C2. The van der Waals surface area contributed by atoms with Crippen LogP contribution in [0.15, 0.2) is 73.3 Å². The lowest BCUT2D eigenvalue weighted by molar-refractivity contribution is 1.16. The van der Waals surface area contributed by atoms with Gasteiger partial charge in [-0.05, 0) is 51.8 Å². The largest absolute Gasteiger partial charge is 0.291 e. The highest BCUT2D eigenvalue weighted by Gasteiger charge is 2.32. The molecule has 4 heteroatoms. The molecule has 4 heterocycles. The van der Waals surface area contributed by atoms with E-state index in [0.717, 1.165) is 45.9 Å². The van der Waals surface area contributed by atoms with Crippen LogP contribution in [0.4, 0.5) is 0 Å². The van der Waals surface area contributed by atoms with Crippen molar-refractivity contribution < 1.29 is 0 Å². The summed E-state index contributed by atoms with van der Waals surface area (Å²) in [7, 11) is 0. The molecule has 31 heavy (non-hydrogen) atoms. The Morgan fingerprint density at radius 3 is 2.55 bits per heavy atom. The maximum atomic E-state index is 5.16. The van der Waals surface area contributed by atoms with Gasteiger partial charge in [0.2, 0.25) is 0 Å². The summed E-state index contributed by atoms with van der Waals surface area (Å²) in [6.45, 7) is 0. The molecule has 2 aromatic carbocycles. The molecule has 8 rings (SSSR count). The number of benzene rings is 2. The van der Waals surface area contributed by atoms with Gasteiger partial charge in [-0.1, -0.05) is 36.4 Å². The van der Waals surface area contributed by atoms with Gasteiger partial charge >= 0.3 is 0 Å². The second kappa shape index (κ2) is 5.35. The van der Waals surface area contributed by atoms with Gasteiger partial charge < -0.3 is 0 Å². The summed E-state index contributed by atoms with van der Waals surface area (Å²) in [6, 6.07) is 17.6. The van der Waals surface area contributed by atoms with Gasteiger partial charge in [0.15, 0.2) is 0 Å². The van der Waals surface area contributed by atoms with Crippen LogP contribution in [-0.4, -0.2) is 19.4 Å².